The first-order chi connectivity index (χ1) is 10.3. The van der Waals surface area contributed by atoms with E-state index in [1.165, 1.54) is 5.56 Å². The normalized spacial score (nSPS) is 25.5. The molecule has 1 amide bonds. The van der Waals surface area contributed by atoms with Gasteiger partial charge >= 0.3 is 0 Å². The first-order valence-electron chi connectivity index (χ1n) is 8.01. The Labute approximate surface area is 126 Å². The minimum atomic E-state index is -0.185. The Balaban J connectivity index is 1.74. The number of amides is 1. The zero-order valence-corrected chi connectivity index (χ0v) is 12.7. The quantitative estimate of drug-likeness (QED) is 0.923. The van der Waals surface area contributed by atoms with E-state index in [0.29, 0.717) is 0 Å². The molecule has 21 heavy (non-hydrogen) atoms. The number of likely N-dealkylation sites (tertiary alicyclic amines) is 1. The predicted molar refractivity (Wildman–Crippen MR) is 82.1 cm³/mol. The van der Waals surface area contributed by atoms with Gasteiger partial charge in [0.25, 0.3) is 0 Å². The molecular formula is C17H24N2O2. The molecule has 4 heteroatoms. The minimum absolute atomic E-state index is 0.185. The predicted octanol–water partition coefficient (Wildman–Crippen LogP) is 1.90. The Bertz CT molecular complexity index is 501. The van der Waals surface area contributed by atoms with Crippen molar-refractivity contribution < 1.29 is 9.53 Å². The molecule has 2 aliphatic heterocycles. The zero-order valence-electron chi connectivity index (χ0n) is 12.7. The fraction of sp³-hybridized carbons (Fsp3) is 0.588. The van der Waals surface area contributed by atoms with Gasteiger partial charge in [0, 0.05) is 26.2 Å². The number of rotatable bonds is 3. The smallest absolute Gasteiger partial charge is 0.244 e. The summed E-state index contributed by atoms with van der Waals surface area (Å²) in [4.78, 5) is 14.8. The van der Waals surface area contributed by atoms with E-state index in [2.05, 4.69) is 23.5 Å². The molecule has 1 aromatic rings. The summed E-state index contributed by atoms with van der Waals surface area (Å²) in [6.07, 6.45) is 3.30. The lowest BCUT2D eigenvalue weighted by molar-refractivity contribution is -0.137. The molecule has 1 aromatic carbocycles. The lowest BCUT2D eigenvalue weighted by Gasteiger charge is -2.36. The summed E-state index contributed by atoms with van der Waals surface area (Å²) >= 11 is 0. The number of benzene rings is 1. The van der Waals surface area contributed by atoms with Crippen LogP contribution in [0.25, 0.3) is 0 Å². The fourth-order valence-corrected chi connectivity index (χ4v) is 3.42. The van der Waals surface area contributed by atoms with Gasteiger partial charge in [-0.25, -0.2) is 0 Å². The number of nitrogens with one attached hydrogen (secondary N) is 1. The van der Waals surface area contributed by atoms with Crippen LogP contribution in [-0.2, 0) is 16.0 Å². The van der Waals surface area contributed by atoms with Crippen LogP contribution in [0.3, 0.4) is 0 Å². The Kier molecular flexibility index (Phi) is 4.56. The topological polar surface area (TPSA) is 41.6 Å². The molecule has 0 radical (unpaired) electrons. The van der Waals surface area contributed by atoms with Gasteiger partial charge in [0.05, 0.1) is 6.10 Å². The van der Waals surface area contributed by atoms with E-state index in [0.717, 1.165) is 51.1 Å². The number of hydrogen-bond acceptors (Lipinski definition) is 3. The number of hydrogen-bond donors (Lipinski definition) is 1. The highest BCUT2D eigenvalue weighted by atomic mass is 16.5. The molecule has 4 nitrogen and oxygen atoms in total. The average molecular weight is 288 g/mol. The third kappa shape index (κ3) is 3.11. The molecule has 2 atom stereocenters. The molecule has 2 heterocycles. The van der Waals surface area contributed by atoms with Crippen LogP contribution in [0.2, 0.25) is 0 Å². The van der Waals surface area contributed by atoms with Gasteiger partial charge in [0.1, 0.15) is 6.04 Å². The van der Waals surface area contributed by atoms with Gasteiger partial charge in [-0.1, -0.05) is 24.3 Å². The highest BCUT2D eigenvalue weighted by molar-refractivity contribution is 5.84. The number of carbonyl (C=O) groups is 1. The molecule has 0 bridgehead atoms. The Morgan fingerprint density at radius 1 is 1.43 bits per heavy atom. The highest BCUT2D eigenvalue weighted by Gasteiger charge is 2.32. The molecule has 1 fully saturated rings. The van der Waals surface area contributed by atoms with Crippen molar-refractivity contribution in [1.82, 2.24) is 10.2 Å². The van der Waals surface area contributed by atoms with Crippen LogP contribution in [0.5, 0.6) is 0 Å². The maximum Gasteiger partial charge on any atom is 0.244 e. The van der Waals surface area contributed by atoms with Crippen LogP contribution in [0.15, 0.2) is 24.3 Å². The minimum Gasteiger partial charge on any atom is -0.377 e. The van der Waals surface area contributed by atoms with Gasteiger partial charge in [0.15, 0.2) is 0 Å². The molecule has 1 N–H and O–H groups in total. The summed E-state index contributed by atoms with van der Waals surface area (Å²) in [6.45, 7) is 5.18. The molecule has 0 aromatic heterocycles. The fourth-order valence-electron chi connectivity index (χ4n) is 3.42. The van der Waals surface area contributed by atoms with Crippen LogP contribution in [0.4, 0.5) is 0 Å². The van der Waals surface area contributed by atoms with Crippen molar-refractivity contribution in [2.24, 2.45) is 0 Å². The second-order valence-corrected chi connectivity index (χ2v) is 5.84. The van der Waals surface area contributed by atoms with E-state index in [1.54, 1.807) is 0 Å². The van der Waals surface area contributed by atoms with Gasteiger partial charge in [-0.3, -0.25) is 4.79 Å². The average Bonchev–Trinajstić information content (AvgIpc) is 2.54. The molecule has 2 aliphatic rings. The summed E-state index contributed by atoms with van der Waals surface area (Å²) in [5.74, 6) is 0.201. The highest BCUT2D eigenvalue weighted by Crippen LogP contribution is 2.26. The first-order valence-corrected chi connectivity index (χ1v) is 8.01. The van der Waals surface area contributed by atoms with E-state index in [1.807, 2.05) is 17.9 Å². The second kappa shape index (κ2) is 6.58. The summed E-state index contributed by atoms with van der Waals surface area (Å²) in [5, 5.41) is 3.39. The lowest BCUT2D eigenvalue weighted by atomic mass is 9.93. The number of piperidine rings is 1. The van der Waals surface area contributed by atoms with Crippen LogP contribution in [-0.4, -0.2) is 43.2 Å². The van der Waals surface area contributed by atoms with Crippen LogP contribution >= 0.6 is 0 Å². The summed E-state index contributed by atoms with van der Waals surface area (Å²) in [5.41, 5.74) is 2.44. The van der Waals surface area contributed by atoms with Crippen LogP contribution in [0.1, 0.15) is 36.9 Å². The Hall–Kier alpha value is -1.39. The Morgan fingerprint density at radius 3 is 3.14 bits per heavy atom. The van der Waals surface area contributed by atoms with Crippen molar-refractivity contribution in [3.05, 3.63) is 35.4 Å². The van der Waals surface area contributed by atoms with Crippen LogP contribution < -0.4 is 5.32 Å². The number of fused-ring (bicyclic) bond motifs is 1. The van der Waals surface area contributed by atoms with Crippen molar-refractivity contribution >= 4 is 5.91 Å². The van der Waals surface area contributed by atoms with E-state index >= 15 is 0 Å². The van der Waals surface area contributed by atoms with E-state index in [-0.39, 0.29) is 18.1 Å². The first kappa shape index (κ1) is 14.5. The molecule has 3 rings (SSSR count). The van der Waals surface area contributed by atoms with E-state index in [4.69, 9.17) is 4.74 Å². The largest absolute Gasteiger partial charge is 0.377 e. The second-order valence-electron chi connectivity index (χ2n) is 5.84. The van der Waals surface area contributed by atoms with Crippen molar-refractivity contribution in [2.75, 3.05) is 26.2 Å². The molecule has 0 saturated carbocycles. The molecule has 0 spiro atoms. The molecule has 0 aliphatic carbocycles. The van der Waals surface area contributed by atoms with Crippen molar-refractivity contribution in [3.8, 4) is 0 Å². The maximum absolute atomic E-state index is 12.9. The Morgan fingerprint density at radius 2 is 2.29 bits per heavy atom. The molecular weight excluding hydrogens is 264 g/mol. The number of carbonyl (C=O) groups excluding carboxylic acids is 1. The maximum atomic E-state index is 12.9. The van der Waals surface area contributed by atoms with Crippen molar-refractivity contribution in [1.29, 1.82) is 0 Å². The third-order valence-corrected chi connectivity index (χ3v) is 4.45. The zero-order chi connectivity index (χ0) is 14.7. The summed E-state index contributed by atoms with van der Waals surface area (Å²) in [6, 6.07) is 8.10. The third-order valence-electron chi connectivity index (χ3n) is 4.45. The summed E-state index contributed by atoms with van der Waals surface area (Å²) in [7, 11) is 0. The molecule has 114 valence electrons. The van der Waals surface area contributed by atoms with Crippen molar-refractivity contribution in [2.45, 2.75) is 38.3 Å². The molecule has 1 saturated heterocycles. The van der Waals surface area contributed by atoms with E-state index < -0.39 is 0 Å². The number of nitrogens with zero attached hydrogens (tertiary/aromatic N) is 1. The van der Waals surface area contributed by atoms with Gasteiger partial charge in [-0.2, -0.15) is 0 Å². The van der Waals surface area contributed by atoms with E-state index in [9.17, 15) is 4.79 Å². The monoisotopic (exact) mass is 288 g/mol. The van der Waals surface area contributed by atoms with Gasteiger partial charge in [0.2, 0.25) is 5.91 Å². The SMILES string of the molecule is CCOC1CCCN(C(=O)C2NCCc3ccccc32)C1. The van der Waals surface area contributed by atoms with Crippen LogP contribution in [0, 0.1) is 0 Å². The van der Waals surface area contributed by atoms with Crippen molar-refractivity contribution in [3.63, 3.8) is 0 Å². The summed E-state index contributed by atoms with van der Waals surface area (Å²) < 4.78 is 5.71. The standard InChI is InChI=1S/C17H24N2O2/c1-2-21-14-7-5-11-19(12-14)17(20)16-15-8-4-3-6-13(15)9-10-18-16/h3-4,6,8,14,16,18H,2,5,7,9-12H2,1H3. The molecule has 2 unspecified atom stereocenters. The van der Waals surface area contributed by atoms with Gasteiger partial charge < -0.3 is 15.0 Å². The van der Waals surface area contributed by atoms with Gasteiger partial charge in [-0.15, -0.1) is 0 Å². The van der Waals surface area contributed by atoms with Gasteiger partial charge in [-0.05, 0) is 37.3 Å². The number of ether oxygens (including phenoxy) is 1. The lowest BCUT2D eigenvalue weighted by Crippen LogP contribution is -2.49.